The van der Waals surface area contributed by atoms with E-state index < -0.39 is 0 Å². The minimum Gasteiger partial charge on any atom is -0.0616 e. The van der Waals surface area contributed by atoms with Crippen LogP contribution < -0.4 is 0 Å². The van der Waals surface area contributed by atoms with Crippen LogP contribution in [0, 0.1) is 27.7 Å². The van der Waals surface area contributed by atoms with Crippen molar-refractivity contribution in [2.75, 3.05) is 0 Å². The maximum atomic E-state index is 2.39. The summed E-state index contributed by atoms with van der Waals surface area (Å²) < 4.78 is 0. The van der Waals surface area contributed by atoms with Crippen LogP contribution in [-0.2, 0) is 0 Å². The fourth-order valence-electron chi connectivity index (χ4n) is 5.38. The third-order valence-corrected chi connectivity index (χ3v) is 7.54. The second-order valence-corrected chi connectivity index (χ2v) is 9.61. The van der Waals surface area contributed by atoms with Gasteiger partial charge in [0.05, 0.1) is 0 Å². The summed E-state index contributed by atoms with van der Waals surface area (Å²) in [6.45, 7) is 8.87. The molecule has 6 rings (SSSR count). The highest BCUT2D eigenvalue weighted by atomic mass is 14.2. The lowest BCUT2D eigenvalue weighted by molar-refractivity contribution is 1.41. The fraction of sp³-hybridized carbons (Fsp3) is 0.118. The quantitative estimate of drug-likeness (QED) is 0.237. The van der Waals surface area contributed by atoms with Gasteiger partial charge in [-0.1, -0.05) is 90.5 Å². The van der Waals surface area contributed by atoms with Gasteiger partial charge in [0.1, 0.15) is 0 Å². The van der Waals surface area contributed by atoms with Crippen molar-refractivity contribution in [3.05, 3.63) is 119 Å². The Morgan fingerprint density at radius 2 is 0.941 bits per heavy atom. The lowest BCUT2D eigenvalue weighted by Crippen LogP contribution is -1.91. The van der Waals surface area contributed by atoms with E-state index >= 15 is 0 Å². The van der Waals surface area contributed by atoms with E-state index in [4.69, 9.17) is 0 Å². The van der Waals surface area contributed by atoms with Gasteiger partial charge in [-0.05, 0) is 111 Å². The highest BCUT2D eigenvalue weighted by Gasteiger charge is 2.13. The summed E-state index contributed by atoms with van der Waals surface area (Å²) in [7, 11) is 0. The number of benzene rings is 6. The van der Waals surface area contributed by atoms with Gasteiger partial charge in [0, 0.05) is 0 Å². The Morgan fingerprint density at radius 3 is 1.62 bits per heavy atom. The zero-order chi connectivity index (χ0) is 23.4. The number of hydrogen-bond acceptors (Lipinski definition) is 0. The van der Waals surface area contributed by atoms with Crippen molar-refractivity contribution in [2.45, 2.75) is 27.7 Å². The minimum absolute atomic E-state index is 1.27. The Morgan fingerprint density at radius 1 is 0.382 bits per heavy atom. The van der Waals surface area contributed by atoms with Crippen molar-refractivity contribution in [1.29, 1.82) is 0 Å². The second kappa shape index (κ2) is 7.85. The zero-order valence-corrected chi connectivity index (χ0v) is 20.2. The molecule has 34 heavy (non-hydrogen) atoms. The molecule has 0 aromatic heterocycles. The summed E-state index contributed by atoms with van der Waals surface area (Å²) in [5.74, 6) is 0. The Balaban J connectivity index is 1.57. The van der Waals surface area contributed by atoms with Crippen LogP contribution in [0.3, 0.4) is 0 Å². The molecule has 0 aliphatic carbocycles. The van der Waals surface area contributed by atoms with Crippen LogP contribution in [0.4, 0.5) is 0 Å². The molecule has 0 aliphatic rings. The van der Waals surface area contributed by atoms with Crippen LogP contribution >= 0.6 is 0 Å². The lowest BCUT2D eigenvalue weighted by Gasteiger charge is -2.16. The Kier molecular flexibility index (Phi) is 4.78. The van der Waals surface area contributed by atoms with Crippen LogP contribution in [0.5, 0.6) is 0 Å². The van der Waals surface area contributed by atoms with E-state index in [-0.39, 0.29) is 0 Å². The molecule has 6 aromatic carbocycles. The molecule has 164 valence electrons. The molecule has 0 heterocycles. The normalized spacial score (nSPS) is 11.5. The minimum atomic E-state index is 1.27. The van der Waals surface area contributed by atoms with Gasteiger partial charge in [-0.2, -0.15) is 0 Å². The number of aryl methyl sites for hydroxylation is 4. The molecule has 0 unspecified atom stereocenters. The highest BCUT2D eigenvalue weighted by molar-refractivity contribution is 6.13. The monoisotopic (exact) mass is 436 g/mol. The molecule has 0 fully saturated rings. The molecule has 0 amide bonds. The first-order valence-corrected chi connectivity index (χ1v) is 12.0. The molecule has 0 spiro atoms. The second-order valence-electron chi connectivity index (χ2n) is 9.61. The number of hydrogen-bond donors (Lipinski definition) is 0. The largest absolute Gasteiger partial charge is 0.0616 e. The van der Waals surface area contributed by atoms with Crippen molar-refractivity contribution in [3.8, 4) is 22.3 Å². The van der Waals surface area contributed by atoms with E-state index in [1.165, 1.54) is 76.8 Å². The molecule has 0 radical (unpaired) electrons. The SMILES string of the molecule is Cc1ccc(-c2ccc3c(c2)c(C)c(C)c2cc(-c4ccc(C)c5ccccc45)ccc23)cc1. The van der Waals surface area contributed by atoms with E-state index in [0.717, 1.165) is 0 Å². The maximum Gasteiger partial charge on any atom is -0.0102 e. The van der Waals surface area contributed by atoms with Crippen LogP contribution in [0.2, 0.25) is 0 Å². The first-order chi connectivity index (χ1) is 16.5. The first kappa shape index (κ1) is 20.7. The molecule has 0 saturated heterocycles. The first-order valence-electron chi connectivity index (χ1n) is 12.0. The smallest absolute Gasteiger partial charge is 0.0102 e. The molecular weight excluding hydrogens is 408 g/mol. The van der Waals surface area contributed by atoms with Gasteiger partial charge in [0.2, 0.25) is 0 Å². The Hall–Kier alpha value is -3.90. The van der Waals surface area contributed by atoms with Gasteiger partial charge in [-0.3, -0.25) is 0 Å². The molecule has 0 nitrogen and oxygen atoms in total. The predicted octanol–water partition coefficient (Wildman–Crippen LogP) is 9.71. The number of rotatable bonds is 2. The molecular formula is C34H28. The summed E-state index contributed by atoms with van der Waals surface area (Å²) in [5, 5.41) is 7.99. The summed E-state index contributed by atoms with van der Waals surface area (Å²) >= 11 is 0. The van der Waals surface area contributed by atoms with Crippen molar-refractivity contribution < 1.29 is 0 Å². The molecule has 6 aromatic rings. The fourth-order valence-corrected chi connectivity index (χ4v) is 5.38. The molecule has 0 N–H and O–H groups in total. The van der Waals surface area contributed by atoms with Crippen molar-refractivity contribution in [1.82, 2.24) is 0 Å². The average molecular weight is 437 g/mol. The lowest BCUT2D eigenvalue weighted by atomic mass is 9.88. The zero-order valence-electron chi connectivity index (χ0n) is 20.2. The van der Waals surface area contributed by atoms with E-state index in [0.29, 0.717) is 0 Å². The number of fused-ring (bicyclic) bond motifs is 4. The van der Waals surface area contributed by atoms with E-state index in [9.17, 15) is 0 Å². The molecule has 0 atom stereocenters. The topological polar surface area (TPSA) is 0 Å². The van der Waals surface area contributed by atoms with Crippen molar-refractivity contribution >= 4 is 32.3 Å². The van der Waals surface area contributed by atoms with Crippen molar-refractivity contribution in [2.24, 2.45) is 0 Å². The van der Waals surface area contributed by atoms with Gasteiger partial charge in [0.15, 0.2) is 0 Å². The summed E-state index contributed by atoms with van der Waals surface area (Å²) in [4.78, 5) is 0. The molecule has 0 heteroatoms. The van der Waals surface area contributed by atoms with E-state index in [2.05, 4.69) is 125 Å². The molecule has 0 saturated carbocycles. The summed E-state index contributed by atoms with van der Waals surface area (Å²) in [6.07, 6.45) is 0. The standard InChI is InChI=1S/C34H28/c1-21-9-12-25(13-10-21)26-14-17-31-32-18-15-27(20-34(32)24(4)23(3)33(31)19-26)29-16-11-22(2)28-7-5-6-8-30(28)29/h5-20H,1-4H3. The van der Waals surface area contributed by atoms with Crippen LogP contribution in [0.1, 0.15) is 22.3 Å². The Bertz CT molecular complexity index is 1720. The highest BCUT2D eigenvalue weighted by Crippen LogP contribution is 2.38. The Labute approximate surface area is 201 Å². The average Bonchev–Trinajstić information content (AvgIpc) is 2.87. The van der Waals surface area contributed by atoms with Gasteiger partial charge in [-0.25, -0.2) is 0 Å². The maximum absolute atomic E-state index is 2.39. The van der Waals surface area contributed by atoms with Gasteiger partial charge in [0.25, 0.3) is 0 Å². The van der Waals surface area contributed by atoms with Gasteiger partial charge >= 0.3 is 0 Å². The van der Waals surface area contributed by atoms with Gasteiger partial charge in [-0.15, -0.1) is 0 Å². The van der Waals surface area contributed by atoms with Crippen LogP contribution in [0.15, 0.2) is 97.1 Å². The predicted molar refractivity (Wildman–Crippen MR) is 149 cm³/mol. The molecule has 0 bridgehead atoms. The van der Waals surface area contributed by atoms with Crippen molar-refractivity contribution in [3.63, 3.8) is 0 Å². The summed E-state index contributed by atoms with van der Waals surface area (Å²) in [5.41, 5.74) is 10.5. The van der Waals surface area contributed by atoms with Crippen LogP contribution in [-0.4, -0.2) is 0 Å². The third kappa shape index (κ3) is 3.22. The van der Waals surface area contributed by atoms with Gasteiger partial charge < -0.3 is 0 Å². The van der Waals surface area contributed by atoms with E-state index in [1.54, 1.807) is 0 Å². The van der Waals surface area contributed by atoms with Crippen LogP contribution in [0.25, 0.3) is 54.6 Å². The van der Waals surface area contributed by atoms with E-state index in [1.807, 2.05) is 0 Å². The summed E-state index contributed by atoms with van der Waals surface area (Å²) in [6, 6.07) is 36.0. The molecule has 0 aliphatic heterocycles. The third-order valence-electron chi connectivity index (χ3n) is 7.54.